The van der Waals surface area contributed by atoms with E-state index in [2.05, 4.69) is 5.32 Å². The van der Waals surface area contributed by atoms with Crippen LogP contribution in [0.2, 0.25) is 0 Å². The van der Waals surface area contributed by atoms with Gasteiger partial charge in [0.25, 0.3) is 11.8 Å². The maximum atomic E-state index is 13.1. The van der Waals surface area contributed by atoms with Gasteiger partial charge in [-0.15, -0.1) is 0 Å². The number of nitrogens with one attached hydrogen (secondary N) is 1. The fourth-order valence-electron chi connectivity index (χ4n) is 3.15. The molecule has 2 aromatic rings. The first-order chi connectivity index (χ1) is 13.4. The first-order valence-electron chi connectivity index (χ1n) is 9.50. The van der Waals surface area contributed by atoms with Crippen LogP contribution in [0.1, 0.15) is 30.5 Å². The largest absolute Gasteiger partial charge is 0.377 e. The maximum absolute atomic E-state index is 13.1. The molecule has 0 saturated heterocycles. The summed E-state index contributed by atoms with van der Waals surface area (Å²) in [4.78, 5) is 27.5. The number of ether oxygens (including phenoxy) is 1. The van der Waals surface area contributed by atoms with Crippen molar-refractivity contribution in [1.82, 2.24) is 4.90 Å². The Morgan fingerprint density at radius 3 is 2.39 bits per heavy atom. The molecule has 0 unspecified atom stereocenters. The van der Waals surface area contributed by atoms with Crippen LogP contribution in [-0.4, -0.2) is 36.0 Å². The Morgan fingerprint density at radius 2 is 1.71 bits per heavy atom. The van der Waals surface area contributed by atoms with Crippen molar-refractivity contribution >= 4 is 23.1 Å². The van der Waals surface area contributed by atoms with E-state index in [0.717, 1.165) is 22.4 Å². The smallest absolute Gasteiger partial charge is 0.278 e. The highest BCUT2D eigenvalue weighted by atomic mass is 16.5. The molecule has 2 amide bonds. The van der Waals surface area contributed by atoms with Gasteiger partial charge in [0.05, 0.1) is 24.8 Å². The summed E-state index contributed by atoms with van der Waals surface area (Å²) in [6.07, 6.45) is 0.0434. The van der Waals surface area contributed by atoms with Crippen molar-refractivity contribution in [2.75, 3.05) is 18.5 Å². The van der Waals surface area contributed by atoms with Crippen LogP contribution in [0.15, 0.2) is 54.2 Å². The molecule has 2 aromatic carbocycles. The molecule has 0 bridgehead atoms. The van der Waals surface area contributed by atoms with Crippen LogP contribution in [0, 0.1) is 13.8 Å². The van der Waals surface area contributed by atoms with E-state index in [-0.39, 0.29) is 24.5 Å². The van der Waals surface area contributed by atoms with E-state index < -0.39 is 0 Å². The molecule has 1 heterocycles. The van der Waals surface area contributed by atoms with E-state index in [0.29, 0.717) is 17.9 Å². The molecule has 0 spiro atoms. The first kappa shape index (κ1) is 19.8. The van der Waals surface area contributed by atoms with Gasteiger partial charge in [-0.25, -0.2) is 0 Å². The standard InChI is InChI=1S/C23H26N2O3/c1-15(2)28-13-12-25-22(26)20(18-8-6-5-7-9-18)21(23(25)27)24-19-14-16(3)10-11-17(19)4/h5-11,14-15,24H,12-13H2,1-4H3. The molecule has 0 atom stereocenters. The molecule has 0 radical (unpaired) electrons. The van der Waals surface area contributed by atoms with E-state index in [1.165, 1.54) is 4.90 Å². The molecule has 0 fully saturated rings. The Hall–Kier alpha value is -2.92. The number of carbonyl (C=O) groups is 2. The van der Waals surface area contributed by atoms with Gasteiger partial charge in [0.2, 0.25) is 0 Å². The van der Waals surface area contributed by atoms with Crippen LogP contribution < -0.4 is 5.32 Å². The molecule has 0 aliphatic carbocycles. The minimum absolute atomic E-state index is 0.0434. The molecule has 1 N–H and O–H groups in total. The zero-order chi connectivity index (χ0) is 20.3. The fraction of sp³-hybridized carbons (Fsp3) is 0.304. The van der Waals surface area contributed by atoms with Crippen molar-refractivity contribution in [3.8, 4) is 0 Å². The number of rotatable bonds is 7. The Bertz CT molecular complexity index is 917. The molecular formula is C23H26N2O3. The van der Waals surface area contributed by atoms with Gasteiger partial charge in [-0.05, 0) is 50.5 Å². The second-order valence-electron chi connectivity index (χ2n) is 7.24. The summed E-state index contributed by atoms with van der Waals surface area (Å²) in [6.45, 7) is 8.36. The van der Waals surface area contributed by atoms with Crippen LogP contribution in [0.4, 0.5) is 5.69 Å². The summed E-state index contributed by atoms with van der Waals surface area (Å²) in [5.74, 6) is -0.617. The highest BCUT2D eigenvalue weighted by Crippen LogP contribution is 2.31. The third kappa shape index (κ3) is 4.15. The summed E-state index contributed by atoms with van der Waals surface area (Å²) in [6, 6.07) is 15.3. The normalized spacial score (nSPS) is 14.4. The summed E-state index contributed by atoms with van der Waals surface area (Å²) in [5.41, 5.74) is 4.34. The Labute approximate surface area is 166 Å². The molecule has 0 saturated carbocycles. The SMILES string of the molecule is Cc1ccc(C)c(NC2=C(c3ccccc3)C(=O)N(CCOC(C)C)C2=O)c1. The van der Waals surface area contributed by atoms with Crippen molar-refractivity contribution in [2.24, 2.45) is 0 Å². The van der Waals surface area contributed by atoms with Gasteiger partial charge in [-0.2, -0.15) is 0 Å². The number of nitrogens with zero attached hydrogens (tertiary/aromatic N) is 1. The van der Waals surface area contributed by atoms with Gasteiger partial charge in [0.15, 0.2) is 0 Å². The van der Waals surface area contributed by atoms with Crippen LogP contribution >= 0.6 is 0 Å². The summed E-state index contributed by atoms with van der Waals surface area (Å²) >= 11 is 0. The molecule has 0 aromatic heterocycles. The van der Waals surface area contributed by atoms with E-state index in [1.807, 2.05) is 76.2 Å². The summed E-state index contributed by atoms with van der Waals surface area (Å²) in [5, 5.41) is 3.23. The number of imide groups is 1. The molecule has 1 aliphatic rings. The third-order valence-corrected chi connectivity index (χ3v) is 4.65. The lowest BCUT2D eigenvalue weighted by atomic mass is 10.0. The predicted molar refractivity (Wildman–Crippen MR) is 111 cm³/mol. The minimum Gasteiger partial charge on any atom is -0.377 e. The van der Waals surface area contributed by atoms with Gasteiger partial charge >= 0.3 is 0 Å². The van der Waals surface area contributed by atoms with Gasteiger partial charge in [-0.1, -0.05) is 42.5 Å². The van der Waals surface area contributed by atoms with Crippen LogP contribution in [0.3, 0.4) is 0 Å². The molecule has 1 aliphatic heterocycles. The predicted octanol–water partition coefficient (Wildman–Crippen LogP) is 3.92. The number of amides is 2. The topological polar surface area (TPSA) is 58.6 Å². The Balaban J connectivity index is 1.97. The second kappa shape index (κ2) is 8.40. The summed E-state index contributed by atoms with van der Waals surface area (Å²) < 4.78 is 5.54. The quantitative estimate of drug-likeness (QED) is 0.742. The van der Waals surface area contributed by atoms with E-state index in [1.54, 1.807) is 0 Å². The third-order valence-electron chi connectivity index (χ3n) is 4.65. The van der Waals surface area contributed by atoms with E-state index >= 15 is 0 Å². The van der Waals surface area contributed by atoms with Gasteiger partial charge < -0.3 is 10.1 Å². The molecule has 146 valence electrons. The van der Waals surface area contributed by atoms with Crippen LogP contribution in [0.25, 0.3) is 5.57 Å². The van der Waals surface area contributed by atoms with Crippen LogP contribution in [0.5, 0.6) is 0 Å². The highest BCUT2D eigenvalue weighted by Gasteiger charge is 2.39. The number of hydrogen-bond acceptors (Lipinski definition) is 4. The van der Waals surface area contributed by atoms with Gasteiger partial charge in [-0.3, -0.25) is 14.5 Å². The zero-order valence-electron chi connectivity index (χ0n) is 16.8. The van der Waals surface area contributed by atoms with Gasteiger partial charge in [0, 0.05) is 5.69 Å². The second-order valence-corrected chi connectivity index (χ2v) is 7.24. The maximum Gasteiger partial charge on any atom is 0.278 e. The highest BCUT2D eigenvalue weighted by molar-refractivity contribution is 6.36. The van der Waals surface area contributed by atoms with Crippen molar-refractivity contribution < 1.29 is 14.3 Å². The Morgan fingerprint density at radius 1 is 1.00 bits per heavy atom. The Kier molecular flexibility index (Phi) is 5.95. The van der Waals surface area contributed by atoms with Crippen molar-refractivity contribution in [3.63, 3.8) is 0 Å². The molecule has 5 heteroatoms. The molecule has 5 nitrogen and oxygen atoms in total. The van der Waals surface area contributed by atoms with Crippen molar-refractivity contribution in [1.29, 1.82) is 0 Å². The lowest BCUT2D eigenvalue weighted by Crippen LogP contribution is -2.35. The average Bonchev–Trinajstić information content (AvgIpc) is 2.89. The molecular weight excluding hydrogens is 352 g/mol. The number of aryl methyl sites for hydroxylation is 2. The molecule has 28 heavy (non-hydrogen) atoms. The monoisotopic (exact) mass is 378 g/mol. The van der Waals surface area contributed by atoms with E-state index in [9.17, 15) is 9.59 Å². The lowest BCUT2D eigenvalue weighted by molar-refractivity contribution is -0.137. The number of carbonyl (C=O) groups excluding carboxylic acids is 2. The van der Waals surface area contributed by atoms with E-state index in [4.69, 9.17) is 4.74 Å². The number of hydrogen-bond donors (Lipinski definition) is 1. The molecule has 3 rings (SSSR count). The minimum atomic E-state index is -0.322. The number of benzene rings is 2. The summed E-state index contributed by atoms with van der Waals surface area (Å²) in [7, 11) is 0. The first-order valence-corrected chi connectivity index (χ1v) is 9.50. The average molecular weight is 378 g/mol. The number of anilines is 1. The fourth-order valence-corrected chi connectivity index (χ4v) is 3.15. The van der Waals surface area contributed by atoms with Crippen LogP contribution in [-0.2, 0) is 14.3 Å². The zero-order valence-corrected chi connectivity index (χ0v) is 16.8. The van der Waals surface area contributed by atoms with Crippen molar-refractivity contribution in [2.45, 2.75) is 33.8 Å². The van der Waals surface area contributed by atoms with Crippen molar-refractivity contribution in [3.05, 3.63) is 70.9 Å². The lowest BCUT2D eigenvalue weighted by Gasteiger charge is -2.17. The van der Waals surface area contributed by atoms with Gasteiger partial charge in [0.1, 0.15) is 5.70 Å².